The quantitative estimate of drug-likeness (QED) is 0.382. The Morgan fingerprint density at radius 1 is 1.31 bits per heavy atom. The van der Waals surface area contributed by atoms with Crippen LogP contribution in [0.4, 0.5) is 0 Å². The first-order valence-corrected chi connectivity index (χ1v) is 4.65. The molecule has 1 fully saturated rings. The van der Waals surface area contributed by atoms with Crippen molar-refractivity contribution in [3.63, 3.8) is 0 Å². The van der Waals surface area contributed by atoms with Gasteiger partial charge in [-0.3, -0.25) is 4.79 Å². The number of likely N-dealkylation sites (N-methyl/N-ethyl adjacent to an activating group) is 1. The van der Waals surface area contributed by atoms with E-state index in [-0.39, 0.29) is 24.0 Å². The van der Waals surface area contributed by atoms with Gasteiger partial charge in [0.15, 0.2) is 0 Å². The van der Waals surface area contributed by atoms with Crippen molar-refractivity contribution in [2.45, 2.75) is 13.3 Å². The molecule has 13 heavy (non-hydrogen) atoms. The van der Waals surface area contributed by atoms with Crippen molar-refractivity contribution in [3.8, 4) is 0 Å². The van der Waals surface area contributed by atoms with E-state index in [1.165, 1.54) is 0 Å². The number of hydrogen-bond donors (Lipinski definition) is 0. The van der Waals surface area contributed by atoms with Crippen molar-refractivity contribution in [2.24, 2.45) is 0 Å². The minimum Gasteiger partial charge on any atom is -1.00 e. The largest absolute Gasteiger partial charge is 1.00 e. The molecule has 1 amide bonds. The van der Waals surface area contributed by atoms with E-state index in [1.54, 1.807) is 0 Å². The summed E-state index contributed by atoms with van der Waals surface area (Å²) < 4.78 is 1.05. The molecule has 0 atom stereocenters. The smallest absolute Gasteiger partial charge is 0.222 e. The number of hydrogen-bond acceptors (Lipinski definition) is 1. The SMILES string of the molecule is CCC(=O)N1CC[N+](C)(C)CC1.[I-]. The van der Waals surface area contributed by atoms with Crippen LogP contribution in [0.5, 0.6) is 0 Å². The van der Waals surface area contributed by atoms with Gasteiger partial charge in [-0.05, 0) is 0 Å². The van der Waals surface area contributed by atoms with E-state index >= 15 is 0 Å². The van der Waals surface area contributed by atoms with Crippen LogP contribution in [0, 0.1) is 0 Å². The molecule has 1 saturated heterocycles. The first-order chi connectivity index (χ1) is 5.55. The van der Waals surface area contributed by atoms with Crippen molar-refractivity contribution in [2.75, 3.05) is 40.3 Å². The maximum Gasteiger partial charge on any atom is 0.222 e. The van der Waals surface area contributed by atoms with Crippen LogP contribution < -0.4 is 24.0 Å². The number of halogens is 1. The maximum atomic E-state index is 11.3. The Hall–Kier alpha value is 0.160. The summed E-state index contributed by atoms with van der Waals surface area (Å²) in [5.41, 5.74) is 0. The Labute approximate surface area is 97.7 Å². The molecule has 1 rings (SSSR count). The molecule has 0 aromatic heterocycles. The molecule has 3 nitrogen and oxygen atoms in total. The molecule has 0 bridgehead atoms. The van der Waals surface area contributed by atoms with Gasteiger partial charge in [0.25, 0.3) is 0 Å². The van der Waals surface area contributed by atoms with Gasteiger partial charge in [0.2, 0.25) is 5.91 Å². The predicted octanol–water partition coefficient (Wildman–Crippen LogP) is -2.68. The van der Waals surface area contributed by atoms with Gasteiger partial charge in [-0.25, -0.2) is 0 Å². The summed E-state index contributed by atoms with van der Waals surface area (Å²) in [6.45, 7) is 5.97. The van der Waals surface area contributed by atoms with Crippen molar-refractivity contribution >= 4 is 5.91 Å². The highest BCUT2D eigenvalue weighted by Crippen LogP contribution is 2.07. The van der Waals surface area contributed by atoms with E-state index in [4.69, 9.17) is 0 Å². The van der Waals surface area contributed by atoms with Crippen LogP contribution in [0.15, 0.2) is 0 Å². The standard InChI is InChI=1S/C9H19N2O.HI/c1-4-9(12)10-5-7-11(2,3)8-6-10;/h4-8H2,1-3H3;1H/q+1;/p-1. The maximum absolute atomic E-state index is 11.3. The fourth-order valence-electron chi connectivity index (χ4n) is 1.48. The average Bonchev–Trinajstić information content (AvgIpc) is 2.03. The van der Waals surface area contributed by atoms with Gasteiger partial charge in [-0.2, -0.15) is 0 Å². The van der Waals surface area contributed by atoms with Crippen molar-refractivity contribution < 1.29 is 33.3 Å². The predicted molar refractivity (Wildman–Crippen MR) is 48.7 cm³/mol. The third-order valence-electron chi connectivity index (χ3n) is 2.61. The molecule has 0 aliphatic carbocycles. The first kappa shape index (κ1) is 13.2. The number of carbonyl (C=O) groups is 1. The van der Waals surface area contributed by atoms with Crippen LogP contribution in [0.2, 0.25) is 0 Å². The molecule has 78 valence electrons. The van der Waals surface area contributed by atoms with Gasteiger partial charge in [-0.1, -0.05) is 6.92 Å². The van der Waals surface area contributed by atoms with Gasteiger partial charge in [-0.15, -0.1) is 0 Å². The Kier molecular flexibility index (Phi) is 5.21. The average molecular weight is 298 g/mol. The van der Waals surface area contributed by atoms with E-state index in [1.807, 2.05) is 11.8 Å². The van der Waals surface area contributed by atoms with Crippen LogP contribution in [-0.4, -0.2) is 55.6 Å². The fraction of sp³-hybridized carbons (Fsp3) is 0.889. The Morgan fingerprint density at radius 2 is 1.77 bits per heavy atom. The molecule has 0 radical (unpaired) electrons. The van der Waals surface area contributed by atoms with Gasteiger partial charge < -0.3 is 33.4 Å². The van der Waals surface area contributed by atoms with Crippen molar-refractivity contribution in [3.05, 3.63) is 0 Å². The van der Waals surface area contributed by atoms with Crippen LogP contribution >= 0.6 is 0 Å². The third-order valence-corrected chi connectivity index (χ3v) is 2.61. The molecule has 4 heteroatoms. The number of nitrogens with zero attached hydrogens (tertiary/aromatic N) is 2. The number of rotatable bonds is 1. The second-order valence-corrected chi connectivity index (χ2v) is 4.12. The van der Waals surface area contributed by atoms with Gasteiger partial charge in [0, 0.05) is 6.42 Å². The van der Waals surface area contributed by atoms with E-state index in [2.05, 4.69) is 14.1 Å². The lowest BCUT2D eigenvalue weighted by Gasteiger charge is -2.38. The Morgan fingerprint density at radius 3 is 2.15 bits per heavy atom. The lowest BCUT2D eigenvalue weighted by Crippen LogP contribution is -3.00. The Balaban J connectivity index is 0.00000144. The lowest BCUT2D eigenvalue weighted by atomic mass is 10.2. The highest BCUT2D eigenvalue weighted by Gasteiger charge is 2.25. The van der Waals surface area contributed by atoms with Crippen LogP contribution in [0.1, 0.15) is 13.3 Å². The third kappa shape index (κ3) is 3.81. The highest BCUT2D eigenvalue weighted by molar-refractivity contribution is 5.75. The number of amides is 1. The summed E-state index contributed by atoms with van der Waals surface area (Å²) in [5, 5.41) is 0. The van der Waals surface area contributed by atoms with Gasteiger partial charge >= 0.3 is 0 Å². The first-order valence-electron chi connectivity index (χ1n) is 4.65. The van der Waals surface area contributed by atoms with Crippen LogP contribution in [0.3, 0.4) is 0 Å². The Bertz CT molecular complexity index is 172. The van der Waals surface area contributed by atoms with E-state index in [0.717, 1.165) is 30.7 Å². The van der Waals surface area contributed by atoms with Crippen LogP contribution in [0.25, 0.3) is 0 Å². The summed E-state index contributed by atoms with van der Waals surface area (Å²) in [6, 6.07) is 0. The fourth-order valence-corrected chi connectivity index (χ4v) is 1.48. The summed E-state index contributed by atoms with van der Waals surface area (Å²) in [4.78, 5) is 13.3. The van der Waals surface area contributed by atoms with E-state index in [0.29, 0.717) is 12.3 Å². The number of quaternary nitrogens is 1. The monoisotopic (exact) mass is 298 g/mol. The molecule has 0 unspecified atom stereocenters. The molecule has 0 aromatic rings. The van der Waals surface area contributed by atoms with Crippen LogP contribution in [-0.2, 0) is 4.79 Å². The molecular formula is C9H19IN2O. The second kappa shape index (κ2) is 5.14. The minimum atomic E-state index is 0. The summed E-state index contributed by atoms with van der Waals surface area (Å²) >= 11 is 0. The molecule has 0 spiro atoms. The molecular weight excluding hydrogens is 279 g/mol. The zero-order chi connectivity index (χ0) is 9.19. The summed E-state index contributed by atoms with van der Waals surface area (Å²) in [6.07, 6.45) is 0.646. The highest BCUT2D eigenvalue weighted by atomic mass is 127. The molecule has 0 saturated carbocycles. The summed E-state index contributed by atoms with van der Waals surface area (Å²) in [7, 11) is 4.43. The molecule has 0 aromatic carbocycles. The van der Waals surface area contributed by atoms with Gasteiger partial charge in [0.1, 0.15) is 0 Å². The topological polar surface area (TPSA) is 20.3 Å². The van der Waals surface area contributed by atoms with Crippen molar-refractivity contribution in [1.82, 2.24) is 4.90 Å². The van der Waals surface area contributed by atoms with E-state index < -0.39 is 0 Å². The van der Waals surface area contributed by atoms with E-state index in [9.17, 15) is 4.79 Å². The number of carbonyl (C=O) groups excluding carboxylic acids is 1. The molecule has 1 heterocycles. The lowest BCUT2D eigenvalue weighted by molar-refractivity contribution is -0.894. The minimum absolute atomic E-state index is 0. The summed E-state index contributed by atoms with van der Waals surface area (Å²) in [5.74, 6) is 0.301. The normalized spacial score (nSPS) is 20.7. The zero-order valence-electron chi connectivity index (χ0n) is 8.72. The molecule has 1 aliphatic rings. The second-order valence-electron chi connectivity index (χ2n) is 4.12. The van der Waals surface area contributed by atoms with Crippen molar-refractivity contribution in [1.29, 1.82) is 0 Å². The molecule has 0 N–H and O–H groups in total. The number of piperazine rings is 1. The zero-order valence-corrected chi connectivity index (χ0v) is 10.9. The molecule has 1 aliphatic heterocycles. The van der Waals surface area contributed by atoms with Gasteiger partial charge in [0.05, 0.1) is 40.3 Å².